The van der Waals surface area contributed by atoms with Gasteiger partial charge in [-0.3, -0.25) is 4.57 Å². The zero-order chi connectivity index (χ0) is 51.7. The molecule has 3 aliphatic rings. The second-order valence-corrected chi connectivity index (χ2v) is 21.7. The van der Waals surface area contributed by atoms with E-state index in [4.69, 9.17) is 9.97 Å². The molecule has 0 amide bonds. The van der Waals surface area contributed by atoms with E-state index in [9.17, 15) is 0 Å². The van der Waals surface area contributed by atoms with Gasteiger partial charge in [0.1, 0.15) is 0 Å². The molecular formula is C74H50N4. The number of anilines is 3. The summed E-state index contributed by atoms with van der Waals surface area (Å²) >= 11 is 0. The normalized spacial score (nSPS) is 13.7. The van der Waals surface area contributed by atoms with E-state index < -0.39 is 5.41 Å². The Hall–Kier alpha value is -9.90. The number of aromatic nitrogens is 3. The minimum absolute atomic E-state index is 0.220. The maximum atomic E-state index is 5.49. The summed E-state index contributed by atoms with van der Waals surface area (Å²) in [5.74, 6) is 0.630. The lowest BCUT2D eigenvalue weighted by atomic mass is 9.70. The van der Waals surface area contributed by atoms with E-state index in [1.807, 2.05) is 0 Å². The lowest BCUT2D eigenvalue weighted by Crippen LogP contribution is -2.26. The van der Waals surface area contributed by atoms with Crippen molar-refractivity contribution >= 4 is 38.9 Å². The van der Waals surface area contributed by atoms with Gasteiger partial charge in [0.05, 0.1) is 27.8 Å². The molecule has 11 aromatic carbocycles. The zero-order valence-corrected chi connectivity index (χ0v) is 43.2. The van der Waals surface area contributed by atoms with Crippen molar-refractivity contribution in [3.05, 3.63) is 300 Å². The van der Waals surface area contributed by atoms with Crippen LogP contribution in [0.25, 0.3) is 94.8 Å². The van der Waals surface area contributed by atoms with Gasteiger partial charge in [-0.05, 0) is 139 Å². The molecule has 1 spiro atoms. The number of nitrogens with zero attached hydrogens (tertiary/aromatic N) is 4. The molecule has 366 valence electrons. The molecule has 0 fully saturated rings. The van der Waals surface area contributed by atoms with Crippen molar-refractivity contribution in [1.82, 2.24) is 14.5 Å². The molecular weight excluding hydrogens is 945 g/mol. The van der Waals surface area contributed by atoms with Crippen LogP contribution in [0.5, 0.6) is 0 Å². The van der Waals surface area contributed by atoms with Crippen LogP contribution in [0.15, 0.2) is 267 Å². The first kappa shape index (κ1) is 44.4. The smallest absolute Gasteiger partial charge is 0.235 e. The van der Waals surface area contributed by atoms with Gasteiger partial charge in [0.2, 0.25) is 5.95 Å². The zero-order valence-electron chi connectivity index (χ0n) is 43.2. The standard InChI is InChI=1S/C74H50N4/c1-73(2)62-30-16-12-29-57(62)59-44-61-60-42-52(39-41-70(60)78(71(61)45-66(59)73)72-75-68(49-22-8-4-9-23-49)46-69(76-72)50-24-10-5-11-25-50)77(51-36-34-48(35-37-51)47-20-6-3-7-21-47)53-38-40-58-56-28-15-19-33-65(56)74(67(58)43-53)63-31-17-13-26-54(63)55-27-14-18-32-64(55)74/h3-46H,1-2H3. The van der Waals surface area contributed by atoms with E-state index >= 15 is 0 Å². The topological polar surface area (TPSA) is 34.0 Å². The van der Waals surface area contributed by atoms with Crippen LogP contribution in [0.4, 0.5) is 17.1 Å². The van der Waals surface area contributed by atoms with Crippen molar-refractivity contribution in [2.45, 2.75) is 24.7 Å². The van der Waals surface area contributed by atoms with Gasteiger partial charge < -0.3 is 4.90 Å². The summed E-state index contributed by atoms with van der Waals surface area (Å²) in [7, 11) is 0. The Morgan fingerprint density at radius 2 is 0.744 bits per heavy atom. The number of hydrogen-bond acceptors (Lipinski definition) is 3. The monoisotopic (exact) mass is 994 g/mol. The maximum Gasteiger partial charge on any atom is 0.235 e. The van der Waals surface area contributed by atoms with Crippen molar-refractivity contribution in [3.63, 3.8) is 0 Å². The summed E-state index contributed by atoms with van der Waals surface area (Å²) in [6.07, 6.45) is 0. The molecule has 13 aromatic rings. The van der Waals surface area contributed by atoms with Crippen molar-refractivity contribution in [2.24, 2.45) is 0 Å². The number of fused-ring (bicyclic) bond motifs is 16. The van der Waals surface area contributed by atoms with Gasteiger partial charge in [0, 0.05) is 44.4 Å². The van der Waals surface area contributed by atoms with Crippen molar-refractivity contribution in [3.8, 4) is 73.0 Å². The highest BCUT2D eigenvalue weighted by molar-refractivity contribution is 6.13. The van der Waals surface area contributed by atoms with Crippen LogP contribution in [-0.2, 0) is 10.8 Å². The number of rotatable bonds is 7. The van der Waals surface area contributed by atoms with Crippen LogP contribution < -0.4 is 4.90 Å². The second kappa shape index (κ2) is 16.8. The predicted molar refractivity (Wildman–Crippen MR) is 321 cm³/mol. The third-order valence-corrected chi connectivity index (χ3v) is 17.2. The molecule has 0 saturated carbocycles. The van der Waals surface area contributed by atoms with Crippen LogP contribution in [0.3, 0.4) is 0 Å². The molecule has 0 N–H and O–H groups in total. The average Bonchev–Trinajstić information content (AvgIpc) is 4.14. The molecule has 2 aromatic heterocycles. The van der Waals surface area contributed by atoms with E-state index in [-0.39, 0.29) is 5.41 Å². The molecule has 4 heteroatoms. The average molecular weight is 995 g/mol. The van der Waals surface area contributed by atoms with Crippen LogP contribution in [-0.4, -0.2) is 14.5 Å². The third kappa shape index (κ3) is 6.35. The first-order valence-electron chi connectivity index (χ1n) is 27.1. The van der Waals surface area contributed by atoms with Crippen molar-refractivity contribution in [2.75, 3.05) is 4.90 Å². The van der Waals surface area contributed by atoms with Crippen LogP contribution >= 0.6 is 0 Å². The summed E-state index contributed by atoms with van der Waals surface area (Å²) < 4.78 is 2.32. The summed E-state index contributed by atoms with van der Waals surface area (Å²) in [5, 5.41) is 2.27. The Morgan fingerprint density at radius 1 is 0.308 bits per heavy atom. The lowest BCUT2D eigenvalue weighted by Gasteiger charge is -2.32. The molecule has 0 bridgehead atoms. The third-order valence-electron chi connectivity index (χ3n) is 17.2. The Kier molecular flexibility index (Phi) is 9.56. The van der Waals surface area contributed by atoms with Gasteiger partial charge in [-0.2, -0.15) is 0 Å². The Morgan fingerprint density at radius 3 is 1.32 bits per heavy atom. The molecule has 0 unspecified atom stereocenters. The molecule has 0 atom stereocenters. The quantitative estimate of drug-likeness (QED) is 0.160. The highest BCUT2D eigenvalue weighted by Gasteiger charge is 2.51. The molecule has 0 radical (unpaired) electrons. The van der Waals surface area contributed by atoms with E-state index in [1.165, 1.54) is 77.9 Å². The van der Waals surface area contributed by atoms with E-state index in [0.717, 1.165) is 61.4 Å². The van der Waals surface area contributed by atoms with Gasteiger partial charge in [0.15, 0.2) is 0 Å². The fourth-order valence-corrected chi connectivity index (χ4v) is 13.7. The summed E-state index contributed by atoms with van der Waals surface area (Å²) in [6, 6.07) is 98.1. The van der Waals surface area contributed by atoms with Crippen LogP contribution in [0.2, 0.25) is 0 Å². The molecule has 3 aliphatic carbocycles. The SMILES string of the molecule is CC1(C)c2ccccc2-c2cc3c4cc(N(c5ccc(-c6ccccc6)cc5)c5ccc6c(c5)C5(c7ccccc7-c7ccccc75)c5ccccc5-6)ccc4n(-c4nc(-c5ccccc5)cc(-c5ccccc5)n4)c3cc21. The Labute approximate surface area is 453 Å². The highest BCUT2D eigenvalue weighted by atomic mass is 15.2. The van der Waals surface area contributed by atoms with Gasteiger partial charge in [0.25, 0.3) is 0 Å². The van der Waals surface area contributed by atoms with Crippen LogP contribution in [0.1, 0.15) is 47.2 Å². The van der Waals surface area contributed by atoms with Gasteiger partial charge >= 0.3 is 0 Å². The van der Waals surface area contributed by atoms with E-state index in [0.29, 0.717) is 5.95 Å². The Balaban J connectivity index is 0.963. The van der Waals surface area contributed by atoms with E-state index in [1.54, 1.807) is 0 Å². The lowest BCUT2D eigenvalue weighted by molar-refractivity contribution is 0.661. The highest BCUT2D eigenvalue weighted by Crippen LogP contribution is 2.63. The van der Waals surface area contributed by atoms with Gasteiger partial charge in [-0.1, -0.05) is 220 Å². The Bertz CT molecular complexity index is 4450. The number of benzene rings is 11. The minimum Gasteiger partial charge on any atom is -0.310 e. The first-order chi connectivity index (χ1) is 38.4. The molecule has 4 nitrogen and oxygen atoms in total. The second-order valence-electron chi connectivity index (χ2n) is 21.7. The summed E-state index contributed by atoms with van der Waals surface area (Å²) in [4.78, 5) is 13.4. The van der Waals surface area contributed by atoms with Gasteiger partial charge in [-0.25, -0.2) is 9.97 Å². The van der Waals surface area contributed by atoms with Gasteiger partial charge in [-0.15, -0.1) is 0 Å². The molecule has 78 heavy (non-hydrogen) atoms. The predicted octanol–water partition coefficient (Wildman–Crippen LogP) is 18.7. The molecule has 16 rings (SSSR count). The fraction of sp³-hybridized carbons (Fsp3) is 0.0541. The molecule has 0 aliphatic heterocycles. The molecule has 0 saturated heterocycles. The van der Waals surface area contributed by atoms with Crippen molar-refractivity contribution < 1.29 is 0 Å². The fourth-order valence-electron chi connectivity index (χ4n) is 13.7. The van der Waals surface area contributed by atoms with E-state index in [2.05, 4.69) is 290 Å². The van der Waals surface area contributed by atoms with Crippen molar-refractivity contribution in [1.29, 1.82) is 0 Å². The minimum atomic E-state index is -0.493. The first-order valence-corrected chi connectivity index (χ1v) is 27.1. The summed E-state index contributed by atoms with van der Waals surface area (Å²) in [6.45, 7) is 4.72. The number of hydrogen-bond donors (Lipinski definition) is 0. The largest absolute Gasteiger partial charge is 0.310 e. The summed E-state index contributed by atoms with van der Waals surface area (Å²) in [5.41, 5.74) is 26.4. The van der Waals surface area contributed by atoms with Crippen LogP contribution in [0, 0.1) is 0 Å². The maximum absolute atomic E-state index is 5.49. The molecule has 2 heterocycles.